The molecule has 1 aliphatic heterocycles. The van der Waals surface area contributed by atoms with Gasteiger partial charge in [0, 0.05) is 18.4 Å². The number of ether oxygens (including phenoxy) is 1. The highest BCUT2D eigenvalue weighted by molar-refractivity contribution is 7.90. The van der Waals surface area contributed by atoms with Crippen molar-refractivity contribution in [3.8, 4) is 5.75 Å². The van der Waals surface area contributed by atoms with Crippen molar-refractivity contribution >= 4 is 22.2 Å². The summed E-state index contributed by atoms with van der Waals surface area (Å²) in [7, 11) is 0.350. The summed E-state index contributed by atoms with van der Waals surface area (Å²) in [5.41, 5.74) is 0.748. The molecule has 2 aromatic rings. The van der Waals surface area contributed by atoms with Crippen LogP contribution >= 0.6 is 12.4 Å². The average molecular weight is 384 g/mol. The summed E-state index contributed by atoms with van der Waals surface area (Å²) in [6.07, 6.45) is 1.16. The Kier molecular flexibility index (Phi) is 5.49. The number of benzene rings is 2. The third kappa shape index (κ3) is 3.67. The van der Waals surface area contributed by atoms with Gasteiger partial charge in [-0.2, -0.15) is 0 Å². The minimum absolute atomic E-state index is 0. The fourth-order valence-electron chi connectivity index (χ4n) is 3.17. The van der Waals surface area contributed by atoms with Crippen molar-refractivity contribution in [2.75, 3.05) is 26.9 Å². The van der Waals surface area contributed by atoms with Crippen LogP contribution in [0.3, 0.4) is 0 Å². The van der Waals surface area contributed by atoms with Crippen molar-refractivity contribution < 1.29 is 18.3 Å². The van der Waals surface area contributed by atoms with Crippen molar-refractivity contribution in [2.45, 2.75) is 17.1 Å². The van der Waals surface area contributed by atoms with Crippen molar-refractivity contribution in [3.05, 3.63) is 59.2 Å². The fraction of sp³-hybridized carbons (Fsp3) is 0.333. The number of halogens is 1. The molecule has 1 heterocycles. The second kappa shape index (κ2) is 6.96. The number of rotatable bonds is 3. The molecule has 7 heteroatoms. The number of aliphatic hydroxyl groups is 1. The van der Waals surface area contributed by atoms with E-state index in [2.05, 4.69) is 0 Å². The lowest BCUT2D eigenvalue weighted by atomic mass is 9.83. The van der Waals surface area contributed by atoms with Crippen molar-refractivity contribution in [3.63, 3.8) is 0 Å². The highest BCUT2D eigenvalue weighted by Crippen LogP contribution is 2.41. The topological polar surface area (TPSA) is 66.8 Å². The van der Waals surface area contributed by atoms with Crippen molar-refractivity contribution in [1.82, 2.24) is 4.90 Å². The quantitative estimate of drug-likeness (QED) is 0.880. The van der Waals surface area contributed by atoms with Gasteiger partial charge in [0.05, 0.1) is 4.90 Å². The fourth-order valence-corrected chi connectivity index (χ4v) is 3.81. The SMILES string of the molecule is CN(C)CC1(O)c2ccccc2COc2ccc(S(C)(=O)=O)cc21.Cl. The minimum atomic E-state index is -3.38. The molecule has 0 saturated carbocycles. The summed E-state index contributed by atoms with van der Waals surface area (Å²) in [4.78, 5) is 2.04. The Balaban J connectivity index is 0.00000225. The van der Waals surface area contributed by atoms with Crippen LogP contribution in [0, 0.1) is 0 Å². The first-order valence-corrected chi connectivity index (χ1v) is 9.54. The zero-order valence-corrected chi connectivity index (χ0v) is 16.0. The van der Waals surface area contributed by atoms with Gasteiger partial charge in [0.2, 0.25) is 0 Å². The van der Waals surface area contributed by atoms with Gasteiger partial charge >= 0.3 is 0 Å². The summed E-state index contributed by atoms with van der Waals surface area (Å²) >= 11 is 0. The van der Waals surface area contributed by atoms with Gasteiger partial charge in [0.1, 0.15) is 18.0 Å². The summed E-state index contributed by atoms with van der Waals surface area (Å²) in [6, 6.07) is 12.2. The second-order valence-corrected chi connectivity index (χ2v) is 8.49. The lowest BCUT2D eigenvalue weighted by Crippen LogP contribution is -2.39. The Bertz CT molecular complexity index is 882. The lowest BCUT2D eigenvalue weighted by Gasteiger charge is -2.32. The van der Waals surface area contributed by atoms with Crippen LogP contribution in [-0.2, 0) is 22.0 Å². The average Bonchev–Trinajstić information content (AvgIpc) is 2.62. The van der Waals surface area contributed by atoms with E-state index >= 15 is 0 Å². The van der Waals surface area contributed by atoms with Crippen LogP contribution in [-0.4, -0.2) is 45.3 Å². The normalized spacial score (nSPS) is 19.2. The monoisotopic (exact) mass is 383 g/mol. The van der Waals surface area contributed by atoms with Gasteiger partial charge in [-0.3, -0.25) is 0 Å². The Labute approximate surface area is 154 Å². The Morgan fingerprint density at radius 3 is 2.48 bits per heavy atom. The zero-order valence-electron chi connectivity index (χ0n) is 14.4. The molecule has 136 valence electrons. The maximum Gasteiger partial charge on any atom is 0.175 e. The predicted molar refractivity (Wildman–Crippen MR) is 99.1 cm³/mol. The van der Waals surface area contributed by atoms with Gasteiger partial charge < -0.3 is 14.7 Å². The van der Waals surface area contributed by atoms with E-state index in [4.69, 9.17) is 4.74 Å². The second-order valence-electron chi connectivity index (χ2n) is 6.47. The van der Waals surface area contributed by atoms with Crippen molar-refractivity contribution in [1.29, 1.82) is 0 Å². The standard InChI is InChI=1S/C18H21NO4S.ClH/c1-19(2)12-18(20)15-7-5-4-6-13(15)11-23-17-9-8-14(10-16(17)18)24(3,21)22;/h4-10,20H,11-12H2,1-3H3;1H. The molecule has 0 radical (unpaired) electrons. The maximum absolute atomic E-state index is 12.0. The lowest BCUT2D eigenvalue weighted by molar-refractivity contribution is 0.0506. The molecular weight excluding hydrogens is 362 g/mol. The molecule has 1 aliphatic rings. The van der Waals surface area contributed by atoms with E-state index < -0.39 is 15.4 Å². The van der Waals surface area contributed by atoms with Gasteiger partial charge in [-0.15, -0.1) is 12.4 Å². The number of hydrogen-bond donors (Lipinski definition) is 1. The molecule has 0 saturated heterocycles. The molecule has 0 aromatic heterocycles. The van der Waals surface area contributed by atoms with Crippen LogP contribution in [0.4, 0.5) is 0 Å². The molecule has 0 fully saturated rings. The predicted octanol–water partition coefficient (Wildman–Crippen LogP) is 2.20. The molecule has 5 nitrogen and oxygen atoms in total. The summed E-state index contributed by atoms with van der Waals surface area (Å²) in [5, 5.41) is 11.6. The Hall–Kier alpha value is -1.60. The largest absolute Gasteiger partial charge is 0.488 e. The molecule has 1 atom stereocenters. The zero-order chi connectivity index (χ0) is 17.5. The number of sulfone groups is 1. The molecule has 1 N–H and O–H groups in total. The van der Waals surface area contributed by atoms with E-state index in [0.29, 0.717) is 24.5 Å². The van der Waals surface area contributed by atoms with Crippen LogP contribution < -0.4 is 4.74 Å². The van der Waals surface area contributed by atoms with Gasteiger partial charge in [-0.1, -0.05) is 24.3 Å². The van der Waals surface area contributed by atoms with Gasteiger partial charge in [0.25, 0.3) is 0 Å². The molecule has 25 heavy (non-hydrogen) atoms. The summed E-state index contributed by atoms with van der Waals surface area (Å²) in [5.74, 6) is 0.503. The van der Waals surface area contributed by atoms with Gasteiger partial charge in [0.15, 0.2) is 9.84 Å². The van der Waals surface area contributed by atoms with E-state index in [1.807, 2.05) is 43.3 Å². The summed E-state index contributed by atoms with van der Waals surface area (Å²) < 4.78 is 29.7. The number of likely N-dealkylation sites (N-methyl/N-ethyl adjacent to an activating group) is 1. The molecule has 2 aromatic carbocycles. The number of hydrogen-bond acceptors (Lipinski definition) is 5. The molecule has 1 unspecified atom stereocenters. The molecule has 3 rings (SSSR count). The first-order chi connectivity index (χ1) is 11.2. The van der Waals surface area contributed by atoms with Crippen LogP contribution in [0.25, 0.3) is 0 Å². The van der Waals surface area contributed by atoms with Crippen LogP contribution in [0.5, 0.6) is 5.75 Å². The molecule has 0 bridgehead atoms. The van der Waals surface area contributed by atoms with Gasteiger partial charge in [-0.05, 0) is 43.4 Å². The Morgan fingerprint density at radius 2 is 1.84 bits per heavy atom. The van der Waals surface area contributed by atoms with Crippen LogP contribution in [0.1, 0.15) is 16.7 Å². The maximum atomic E-state index is 12.0. The van der Waals surface area contributed by atoms with E-state index in [0.717, 1.165) is 17.4 Å². The van der Waals surface area contributed by atoms with E-state index in [-0.39, 0.29) is 17.3 Å². The van der Waals surface area contributed by atoms with E-state index in [1.165, 1.54) is 12.1 Å². The van der Waals surface area contributed by atoms with E-state index in [9.17, 15) is 13.5 Å². The number of nitrogens with zero attached hydrogens (tertiary/aromatic N) is 1. The highest BCUT2D eigenvalue weighted by atomic mass is 35.5. The van der Waals surface area contributed by atoms with Crippen LogP contribution in [0.15, 0.2) is 47.4 Å². The first-order valence-electron chi connectivity index (χ1n) is 7.65. The molecular formula is C18H22ClNO4S. The number of fused-ring (bicyclic) bond motifs is 2. The summed E-state index contributed by atoms with van der Waals surface area (Å²) in [6.45, 7) is 0.644. The molecule has 0 spiro atoms. The van der Waals surface area contributed by atoms with Gasteiger partial charge in [-0.25, -0.2) is 8.42 Å². The highest BCUT2D eigenvalue weighted by Gasteiger charge is 2.39. The smallest absolute Gasteiger partial charge is 0.175 e. The third-order valence-corrected chi connectivity index (χ3v) is 5.33. The van der Waals surface area contributed by atoms with E-state index in [1.54, 1.807) is 6.07 Å². The third-order valence-electron chi connectivity index (χ3n) is 4.22. The minimum Gasteiger partial charge on any atom is -0.488 e. The Morgan fingerprint density at radius 1 is 1.16 bits per heavy atom. The molecule has 0 amide bonds. The van der Waals surface area contributed by atoms with Crippen molar-refractivity contribution in [2.24, 2.45) is 0 Å². The van der Waals surface area contributed by atoms with Crippen LogP contribution in [0.2, 0.25) is 0 Å². The first kappa shape index (κ1) is 19.7. The molecule has 0 aliphatic carbocycles.